The van der Waals surface area contributed by atoms with Gasteiger partial charge in [0.2, 0.25) is 0 Å². The zero-order valence-corrected chi connectivity index (χ0v) is 18.0. The first-order valence-electron chi connectivity index (χ1n) is 9.63. The number of aromatic nitrogens is 2. The molecule has 1 aliphatic rings. The van der Waals surface area contributed by atoms with Crippen LogP contribution in [0.5, 0.6) is 0 Å². The fraction of sp³-hybridized carbons (Fsp3) is 0.409. The summed E-state index contributed by atoms with van der Waals surface area (Å²) >= 11 is 1.61. The third-order valence-electron chi connectivity index (χ3n) is 5.34. The molecule has 0 atom stereocenters. The molecule has 0 aromatic carbocycles. The molecule has 2 aromatic rings. The van der Waals surface area contributed by atoms with Gasteiger partial charge in [-0.3, -0.25) is 9.59 Å². The molecule has 3 rings (SSSR count). The van der Waals surface area contributed by atoms with Gasteiger partial charge in [-0.1, -0.05) is 6.08 Å². The molecule has 1 N–H and O–H groups in total. The first-order chi connectivity index (χ1) is 13.3. The number of carbonyl (C=O) groups is 1. The fourth-order valence-corrected chi connectivity index (χ4v) is 4.65. The van der Waals surface area contributed by atoms with Crippen molar-refractivity contribution in [1.82, 2.24) is 14.9 Å². The standard InChI is InChI=1S/C22H27N3O2S/c1-6-17(13(2)14(3)18-12-25(5)22(27)15(4)23-18)24-21(26)20-11-16-9-7-8-10-19(16)28-20/h6,11-12H,7-10H2,1-5H3,(H,24,26)/b14-13+,17-6+. The highest BCUT2D eigenvalue weighted by Crippen LogP contribution is 2.30. The Morgan fingerprint density at radius 2 is 2.00 bits per heavy atom. The van der Waals surface area contributed by atoms with E-state index in [2.05, 4.69) is 10.3 Å². The second-order valence-corrected chi connectivity index (χ2v) is 8.44. The molecule has 0 spiro atoms. The minimum Gasteiger partial charge on any atom is -0.321 e. The van der Waals surface area contributed by atoms with Crippen molar-refractivity contribution in [1.29, 1.82) is 0 Å². The van der Waals surface area contributed by atoms with Gasteiger partial charge in [-0.2, -0.15) is 0 Å². The summed E-state index contributed by atoms with van der Waals surface area (Å²) in [6.07, 6.45) is 8.21. The number of thiophene rings is 1. The van der Waals surface area contributed by atoms with Crippen LogP contribution in [0.2, 0.25) is 0 Å². The Bertz CT molecular complexity index is 991. The molecule has 0 radical (unpaired) electrons. The topological polar surface area (TPSA) is 64.0 Å². The summed E-state index contributed by atoms with van der Waals surface area (Å²) < 4.78 is 1.54. The molecule has 0 unspecified atom stereocenters. The summed E-state index contributed by atoms with van der Waals surface area (Å²) in [7, 11) is 1.72. The molecule has 1 aliphatic carbocycles. The zero-order chi connectivity index (χ0) is 20.4. The largest absolute Gasteiger partial charge is 0.321 e. The fourth-order valence-electron chi connectivity index (χ4n) is 3.50. The summed E-state index contributed by atoms with van der Waals surface area (Å²) in [6.45, 7) is 7.55. The average Bonchev–Trinajstić information content (AvgIpc) is 3.13. The number of aryl methyl sites for hydroxylation is 4. The first kappa shape index (κ1) is 20.3. The third-order valence-corrected chi connectivity index (χ3v) is 6.58. The molecule has 1 amide bonds. The van der Waals surface area contributed by atoms with Crippen molar-refractivity contribution in [2.45, 2.75) is 53.4 Å². The van der Waals surface area contributed by atoms with Gasteiger partial charge >= 0.3 is 0 Å². The van der Waals surface area contributed by atoms with Crippen LogP contribution in [-0.4, -0.2) is 15.5 Å². The van der Waals surface area contributed by atoms with Gasteiger partial charge in [0.1, 0.15) is 5.69 Å². The lowest BCUT2D eigenvalue weighted by Gasteiger charge is -2.14. The van der Waals surface area contributed by atoms with Crippen LogP contribution in [0, 0.1) is 6.92 Å². The molecular formula is C22H27N3O2S. The molecule has 0 saturated carbocycles. The Kier molecular flexibility index (Phi) is 5.98. The lowest BCUT2D eigenvalue weighted by Crippen LogP contribution is -2.23. The van der Waals surface area contributed by atoms with Crippen LogP contribution in [0.3, 0.4) is 0 Å². The van der Waals surface area contributed by atoms with E-state index in [0.29, 0.717) is 5.69 Å². The lowest BCUT2D eigenvalue weighted by molar-refractivity contribution is 0.0970. The highest BCUT2D eigenvalue weighted by molar-refractivity contribution is 7.14. The Morgan fingerprint density at radius 3 is 2.64 bits per heavy atom. The predicted octanol–water partition coefficient (Wildman–Crippen LogP) is 4.16. The first-order valence-corrected chi connectivity index (χ1v) is 10.4. The number of fused-ring (bicyclic) bond motifs is 1. The number of nitrogens with one attached hydrogen (secondary N) is 1. The number of hydrogen-bond donors (Lipinski definition) is 1. The van der Waals surface area contributed by atoms with Gasteiger partial charge in [0.25, 0.3) is 11.5 Å². The van der Waals surface area contributed by atoms with E-state index in [1.165, 1.54) is 23.3 Å². The van der Waals surface area contributed by atoms with Crippen molar-refractivity contribution in [3.63, 3.8) is 0 Å². The second-order valence-electron chi connectivity index (χ2n) is 7.30. The maximum Gasteiger partial charge on any atom is 0.271 e. The highest BCUT2D eigenvalue weighted by Gasteiger charge is 2.18. The SMILES string of the molecule is C/C=C(NC(=O)c1cc2c(s1)CCCC2)\C(C)=C(/C)c1cn(C)c(=O)c(C)n1. The van der Waals surface area contributed by atoms with E-state index >= 15 is 0 Å². The van der Waals surface area contributed by atoms with Gasteiger partial charge in [0.05, 0.1) is 10.6 Å². The molecule has 2 heterocycles. The molecule has 6 heteroatoms. The van der Waals surface area contributed by atoms with Crippen LogP contribution in [0.15, 0.2) is 34.4 Å². The van der Waals surface area contributed by atoms with Crippen molar-refractivity contribution in [3.8, 4) is 0 Å². The van der Waals surface area contributed by atoms with Crippen molar-refractivity contribution in [2.75, 3.05) is 0 Å². The van der Waals surface area contributed by atoms with Gasteiger partial charge in [0, 0.05) is 23.8 Å². The van der Waals surface area contributed by atoms with Crippen LogP contribution in [0.25, 0.3) is 5.57 Å². The molecule has 0 bridgehead atoms. The summed E-state index contributed by atoms with van der Waals surface area (Å²) in [4.78, 5) is 31.3. The third kappa shape index (κ3) is 4.02. The second kappa shape index (κ2) is 8.27. The van der Waals surface area contributed by atoms with E-state index in [9.17, 15) is 9.59 Å². The molecule has 2 aromatic heterocycles. The van der Waals surface area contributed by atoms with Crippen molar-refractivity contribution in [3.05, 3.63) is 66.7 Å². The van der Waals surface area contributed by atoms with Crippen LogP contribution in [-0.2, 0) is 19.9 Å². The van der Waals surface area contributed by atoms with Crippen molar-refractivity contribution in [2.24, 2.45) is 7.05 Å². The van der Waals surface area contributed by atoms with Crippen LogP contribution >= 0.6 is 11.3 Å². The van der Waals surface area contributed by atoms with E-state index < -0.39 is 0 Å². The van der Waals surface area contributed by atoms with Crippen LogP contribution in [0.4, 0.5) is 0 Å². The van der Waals surface area contributed by atoms with Gasteiger partial charge in [-0.15, -0.1) is 11.3 Å². The Balaban J connectivity index is 1.86. The molecule has 0 saturated heterocycles. The quantitative estimate of drug-likeness (QED) is 0.788. The van der Waals surface area contributed by atoms with E-state index in [1.54, 1.807) is 36.1 Å². The van der Waals surface area contributed by atoms with Gasteiger partial charge in [-0.05, 0) is 76.2 Å². The molecule has 148 valence electrons. The van der Waals surface area contributed by atoms with E-state index in [-0.39, 0.29) is 11.5 Å². The van der Waals surface area contributed by atoms with E-state index in [1.807, 2.05) is 32.9 Å². The van der Waals surface area contributed by atoms with Gasteiger partial charge in [0.15, 0.2) is 0 Å². The number of rotatable bonds is 4. The van der Waals surface area contributed by atoms with Crippen molar-refractivity contribution >= 4 is 22.8 Å². The summed E-state index contributed by atoms with van der Waals surface area (Å²) in [5, 5.41) is 3.06. The number of amides is 1. The zero-order valence-electron chi connectivity index (χ0n) is 17.2. The average molecular weight is 398 g/mol. The maximum atomic E-state index is 12.8. The highest BCUT2D eigenvalue weighted by atomic mass is 32.1. The van der Waals surface area contributed by atoms with Crippen LogP contribution in [0.1, 0.15) is 65.1 Å². The summed E-state index contributed by atoms with van der Waals surface area (Å²) in [6, 6.07) is 2.05. The normalized spacial score (nSPS) is 15.1. The van der Waals surface area contributed by atoms with E-state index in [0.717, 1.165) is 40.3 Å². The summed E-state index contributed by atoms with van der Waals surface area (Å²) in [5.74, 6) is -0.0655. The van der Waals surface area contributed by atoms with Crippen molar-refractivity contribution < 1.29 is 4.79 Å². The molecule has 0 fully saturated rings. The molecular weight excluding hydrogens is 370 g/mol. The van der Waals surface area contributed by atoms with Gasteiger partial charge < -0.3 is 9.88 Å². The number of nitrogens with zero attached hydrogens (tertiary/aromatic N) is 2. The number of carbonyl (C=O) groups excluding carboxylic acids is 1. The Hall–Kier alpha value is -2.47. The smallest absolute Gasteiger partial charge is 0.271 e. The van der Waals surface area contributed by atoms with Crippen LogP contribution < -0.4 is 10.9 Å². The lowest BCUT2D eigenvalue weighted by atomic mass is 9.99. The molecule has 28 heavy (non-hydrogen) atoms. The minimum absolute atomic E-state index is 0.0655. The monoisotopic (exact) mass is 397 g/mol. The maximum absolute atomic E-state index is 12.8. The van der Waals surface area contributed by atoms with E-state index in [4.69, 9.17) is 0 Å². The Morgan fingerprint density at radius 1 is 1.29 bits per heavy atom. The molecule has 5 nitrogen and oxygen atoms in total. The number of allylic oxidation sites excluding steroid dienone is 3. The summed E-state index contributed by atoms with van der Waals surface area (Å²) in [5.41, 5.74) is 5.05. The van der Waals surface area contributed by atoms with Gasteiger partial charge in [-0.25, -0.2) is 4.98 Å². The Labute approximate surface area is 169 Å². The predicted molar refractivity (Wildman–Crippen MR) is 115 cm³/mol. The molecule has 0 aliphatic heterocycles. The number of hydrogen-bond acceptors (Lipinski definition) is 4. The minimum atomic E-state index is -0.101.